The minimum Gasteiger partial charge on any atom is -0.502 e. The van der Waals surface area contributed by atoms with Crippen LogP contribution in [0.5, 0.6) is 11.5 Å². The fourth-order valence-corrected chi connectivity index (χ4v) is 1.93. The van der Waals surface area contributed by atoms with Crippen LogP contribution in [0.2, 0.25) is 0 Å². The number of carboxylic acid groups (broad SMARTS) is 1. The Morgan fingerprint density at radius 3 is 2.33 bits per heavy atom. The molecule has 6 nitrogen and oxygen atoms in total. The topological polar surface area (TPSA) is 93.1 Å². The zero-order chi connectivity index (χ0) is 17.5. The van der Waals surface area contributed by atoms with E-state index in [2.05, 4.69) is 0 Å². The normalized spacial score (nSPS) is 11.0. The predicted octanol–water partition coefficient (Wildman–Crippen LogP) is 2.98. The Kier molecular flexibility index (Phi) is 5.57. The number of ether oxygens (including phenoxy) is 2. The standard InChI is InChI=1S/C18H16O6/c1-23-14-7-13(16(19)10-17(20)18(21)22)8-15(9-14)24-11-12-5-3-2-4-6-12/h2-10,20H,11H2,1H3,(H,21,22)/b17-10-. The van der Waals surface area contributed by atoms with Gasteiger partial charge in [-0.05, 0) is 17.7 Å². The molecule has 2 rings (SSSR count). The zero-order valence-electron chi connectivity index (χ0n) is 12.9. The molecule has 2 N–H and O–H groups in total. The van der Waals surface area contributed by atoms with E-state index in [1.165, 1.54) is 19.2 Å². The van der Waals surface area contributed by atoms with Gasteiger partial charge in [0.15, 0.2) is 5.78 Å². The first-order valence-electron chi connectivity index (χ1n) is 7.03. The van der Waals surface area contributed by atoms with Gasteiger partial charge in [-0.25, -0.2) is 4.79 Å². The molecule has 0 saturated heterocycles. The summed E-state index contributed by atoms with van der Waals surface area (Å²) in [7, 11) is 1.44. The van der Waals surface area contributed by atoms with Crippen molar-refractivity contribution in [2.24, 2.45) is 0 Å². The Bertz CT molecular complexity index is 764. The summed E-state index contributed by atoms with van der Waals surface area (Å²) in [6, 6.07) is 14.0. The van der Waals surface area contributed by atoms with E-state index in [4.69, 9.17) is 14.6 Å². The fraction of sp³-hybridized carbons (Fsp3) is 0.111. The number of aliphatic hydroxyl groups is 1. The smallest absolute Gasteiger partial charge is 0.371 e. The first-order valence-corrected chi connectivity index (χ1v) is 7.03. The van der Waals surface area contributed by atoms with E-state index < -0.39 is 17.5 Å². The lowest BCUT2D eigenvalue weighted by atomic mass is 10.1. The highest BCUT2D eigenvalue weighted by Crippen LogP contribution is 2.24. The van der Waals surface area contributed by atoms with Gasteiger partial charge in [0.05, 0.1) is 7.11 Å². The summed E-state index contributed by atoms with van der Waals surface area (Å²) in [6.07, 6.45) is 0.637. The second-order valence-corrected chi connectivity index (χ2v) is 4.87. The summed E-state index contributed by atoms with van der Waals surface area (Å²) in [5.74, 6) is -2.50. The molecule has 0 aromatic heterocycles. The van der Waals surface area contributed by atoms with Crippen molar-refractivity contribution >= 4 is 11.8 Å². The molecule has 124 valence electrons. The van der Waals surface area contributed by atoms with Gasteiger partial charge >= 0.3 is 5.97 Å². The second-order valence-electron chi connectivity index (χ2n) is 4.87. The van der Waals surface area contributed by atoms with Gasteiger partial charge in [-0.3, -0.25) is 4.79 Å². The van der Waals surface area contributed by atoms with E-state index in [1.807, 2.05) is 30.3 Å². The molecule has 2 aromatic carbocycles. The van der Waals surface area contributed by atoms with Crippen LogP contribution in [-0.4, -0.2) is 29.1 Å². The van der Waals surface area contributed by atoms with Crippen LogP contribution in [0.1, 0.15) is 15.9 Å². The number of carboxylic acids is 1. The van der Waals surface area contributed by atoms with Crippen LogP contribution < -0.4 is 9.47 Å². The van der Waals surface area contributed by atoms with Gasteiger partial charge in [0.1, 0.15) is 18.1 Å². The van der Waals surface area contributed by atoms with Crippen molar-refractivity contribution in [1.29, 1.82) is 0 Å². The monoisotopic (exact) mass is 328 g/mol. The van der Waals surface area contributed by atoms with Crippen LogP contribution in [0.25, 0.3) is 0 Å². The maximum Gasteiger partial charge on any atom is 0.371 e. The Hall–Kier alpha value is -3.28. The molecule has 0 aliphatic carbocycles. The van der Waals surface area contributed by atoms with Crippen molar-refractivity contribution in [2.45, 2.75) is 6.61 Å². The molecule has 0 aliphatic heterocycles. The maximum atomic E-state index is 12.0. The number of aliphatic carboxylic acids is 1. The number of hydrogen-bond acceptors (Lipinski definition) is 5. The van der Waals surface area contributed by atoms with Crippen LogP contribution >= 0.6 is 0 Å². The van der Waals surface area contributed by atoms with Crippen molar-refractivity contribution in [1.82, 2.24) is 0 Å². The molecule has 0 unspecified atom stereocenters. The van der Waals surface area contributed by atoms with E-state index in [1.54, 1.807) is 6.07 Å². The van der Waals surface area contributed by atoms with E-state index in [-0.39, 0.29) is 5.56 Å². The lowest BCUT2D eigenvalue weighted by Gasteiger charge is -2.10. The van der Waals surface area contributed by atoms with Crippen molar-refractivity contribution in [2.75, 3.05) is 7.11 Å². The quantitative estimate of drug-likeness (QED) is 0.461. The van der Waals surface area contributed by atoms with Gasteiger partial charge in [-0.15, -0.1) is 0 Å². The van der Waals surface area contributed by atoms with Gasteiger partial charge in [0, 0.05) is 17.7 Å². The molecule has 0 atom stereocenters. The molecule has 24 heavy (non-hydrogen) atoms. The Morgan fingerprint density at radius 1 is 1.04 bits per heavy atom. The Balaban J connectivity index is 2.22. The summed E-state index contributed by atoms with van der Waals surface area (Å²) in [4.78, 5) is 22.6. The number of carbonyl (C=O) groups is 2. The lowest BCUT2D eigenvalue weighted by molar-refractivity contribution is -0.135. The minimum absolute atomic E-state index is 0.144. The van der Waals surface area contributed by atoms with E-state index in [0.717, 1.165) is 5.56 Å². The zero-order valence-corrected chi connectivity index (χ0v) is 12.9. The lowest BCUT2D eigenvalue weighted by Crippen LogP contribution is -2.05. The number of ketones is 1. The maximum absolute atomic E-state index is 12.0. The van der Waals surface area contributed by atoms with Crippen LogP contribution in [0.15, 0.2) is 60.4 Å². The van der Waals surface area contributed by atoms with Gasteiger partial charge in [0.2, 0.25) is 5.76 Å². The molecule has 6 heteroatoms. The fourth-order valence-electron chi connectivity index (χ4n) is 1.93. The molecule has 0 fully saturated rings. The van der Waals surface area contributed by atoms with Crippen molar-refractivity contribution in [3.63, 3.8) is 0 Å². The molecular weight excluding hydrogens is 312 g/mol. The summed E-state index contributed by atoms with van der Waals surface area (Å²) < 4.78 is 10.8. The van der Waals surface area contributed by atoms with Crippen LogP contribution in [-0.2, 0) is 11.4 Å². The molecule has 0 heterocycles. The van der Waals surface area contributed by atoms with E-state index >= 15 is 0 Å². The van der Waals surface area contributed by atoms with E-state index in [9.17, 15) is 14.7 Å². The average molecular weight is 328 g/mol. The average Bonchev–Trinajstić information content (AvgIpc) is 2.60. The number of aliphatic hydroxyl groups excluding tert-OH is 1. The Morgan fingerprint density at radius 2 is 1.71 bits per heavy atom. The van der Waals surface area contributed by atoms with Gasteiger partial charge in [-0.1, -0.05) is 30.3 Å². The molecule has 0 saturated carbocycles. The summed E-state index contributed by atoms with van der Waals surface area (Å²) in [6.45, 7) is 0.303. The van der Waals surface area contributed by atoms with E-state index in [0.29, 0.717) is 24.2 Å². The third-order valence-corrected chi connectivity index (χ3v) is 3.14. The molecule has 0 spiro atoms. The van der Waals surface area contributed by atoms with Gasteiger partial charge in [0.25, 0.3) is 0 Å². The highest BCUT2D eigenvalue weighted by atomic mass is 16.5. The van der Waals surface area contributed by atoms with Crippen molar-refractivity contribution in [3.05, 3.63) is 71.5 Å². The Labute approximate surface area is 138 Å². The number of carbonyl (C=O) groups excluding carboxylic acids is 1. The largest absolute Gasteiger partial charge is 0.502 e. The predicted molar refractivity (Wildman–Crippen MR) is 86.4 cm³/mol. The number of rotatable bonds is 7. The van der Waals surface area contributed by atoms with Crippen LogP contribution in [0, 0.1) is 0 Å². The summed E-state index contributed by atoms with van der Waals surface area (Å²) >= 11 is 0. The minimum atomic E-state index is -1.58. The number of benzene rings is 2. The van der Waals surface area contributed by atoms with Crippen molar-refractivity contribution < 1.29 is 29.3 Å². The van der Waals surface area contributed by atoms with Gasteiger partial charge in [-0.2, -0.15) is 0 Å². The molecule has 0 radical (unpaired) electrons. The molecule has 0 aliphatic rings. The SMILES string of the molecule is COc1cc(OCc2ccccc2)cc(C(=O)/C=C(\O)C(=O)O)c1. The third-order valence-electron chi connectivity index (χ3n) is 3.14. The molecule has 0 amide bonds. The summed E-state index contributed by atoms with van der Waals surface area (Å²) in [5.41, 5.74) is 1.10. The van der Waals surface area contributed by atoms with Gasteiger partial charge < -0.3 is 19.7 Å². The van der Waals surface area contributed by atoms with Crippen LogP contribution in [0.4, 0.5) is 0 Å². The highest BCUT2D eigenvalue weighted by Gasteiger charge is 2.12. The van der Waals surface area contributed by atoms with Crippen molar-refractivity contribution in [3.8, 4) is 11.5 Å². The third kappa shape index (κ3) is 4.61. The number of hydrogen-bond donors (Lipinski definition) is 2. The first-order chi connectivity index (χ1) is 11.5. The summed E-state index contributed by atoms with van der Waals surface area (Å²) in [5, 5.41) is 17.8. The molecule has 0 bridgehead atoms. The number of methoxy groups -OCH3 is 1. The molecule has 2 aromatic rings. The highest BCUT2D eigenvalue weighted by molar-refractivity contribution is 6.08. The number of allylic oxidation sites excluding steroid dienone is 1. The molecular formula is C18H16O6. The second kappa shape index (κ2) is 7.82. The first kappa shape index (κ1) is 17.1. The van der Waals surface area contributed by atoms with Crippen LogP contribution in [0.3, 0.4) is 0 Å².